The van der Waals surface area contributed by atoms with Crippen LogP contribution in [0.4, 0.5) is 21.4 Å². The number of nitrogens with one attached hydrogen (secondary N) is 2. The molecule has 1 fully saturated rings. The van der Waals surface area contributed by atoms with E-state index in [0.717, 1.165) is 24.6 Å². The van der Waals surface area contributed by atoms with Crippen LogP contribution in [0.15, 0.2) is 42.7 Å². The molecule has 0 unspecified atom stereocenters. The molecule has 0 aromatic carbocycles. The summed E-state index contributed by atoms with van der Waals surface area (Å²) in [6.45, 7) is 2.08. The predicted molar refractivity (Wildman–Crippen MR) is 101 cm³/mol. The van der Waals surface area contributed by atoms with Gasteiger partial charge in [-0.15, -0.1) is 10.2 Å². The zero-order valence-corrected chi connectivity index (χ0v) is 14.7. The molecule has 1 aliphatic rings. The number of hydrogen-bond donors (Lipinski definition) is 2. The number of aromatic nitrogens is 4. The largest absolute Gasteiger partial charge is 0.357 e. The second-order valence-corrected chi connectivity index (χ2v) is 6.78. The van der Waals surface area contributed by atoms with Gasteiger partial charge in [-0.3, -0.25) is 10.3 Å². The third kappa shape index (κ3) is 3.77. The first-order valence-electron chi connectivity index (χ1n) is 8.32. The number of hydrogen-bond acceptors (Lipinski definition) is 7. The second kappa shape index (κ2) is 7.44. The Morgan fingerprint density at radius 2 is 1.92 bits per heavy atom. The van der Waals surface area contributed by atoms with E-state index in [4.69, 9.17) is 0 Å². The standard InChI is InChI=1S/C17H17N7OS/c25-16(20-12-6-7-14(19-11-12)24-9-3-4-10-24)21-17-23-22-15(26-17)13-5-1-2-8-18-13/h1-2,5-8,11H,3-4,9-10H2,(H2,20,21,23,25). The van der Waals surface area contributed by atoms with Gasteiger partial charge in [0.05, 0.1) is 11.9 Å². The summed E-state index contributed by atoms with van der Waals surface area (Å²) in [5.41, 5.74) is 1.35. The summed E-state index contributed by atoms with van der Waals surface area (Å²) in [4.78, 5) is 23.0. The number of urea groups is 1. The van der Waals surface area contributed by atoms with E-state index in [1.54, 1.807) is 12.4 Å². The van der Waals surface area contributed by atoms with Gasteiger partial charge in [0, 0.05) is 19.3 Å². The average molecular weight is 367 g/mol. The minimum absolute atomic E-state index is 0.385. The van der Waals surface area contributed by atoms with Gasteiger partial charge in [0.15, 0.2) is 5.01 Å². The molecule has 1 aliphatic heterocycles. The maximum atomic E-state index is 12.1. The Morgan fingerprint density at radius 1 is 1.04 bits per heavy atom. The summed E-state index contributed by atoms with van der Waals surface area (Å²) in [5.74, 6) is 0.942. The van der Waals surface area contributed by atoms with Gasteiger partial charge in [-0.1, -0.05) is 17.4 Å². The molecule has 3 aromatic heterocycles. The highest BCUT2D eigenvalue weighted by Crippen LogP contribution is 2.24. The Hall–Kier alpha value is -3.07. The van der Waals surface area contributed by atoms with Crippen LogP contribution in [0.5, 0.6) is 0 Å². The van der Waals surface area contributed by atoms with Gasteiger partial charge in [0.2, 0.25) is 5.13 Å². The number of nitrogens with zero attached hydrogens (tertiary/aromatic N) is 5. The lowest BCUT2D eigenvalue weighted by atomic mass is 10.4. The molecule has 4 rings (SSSR count). The zero-order valence-electron chi connectivity index (χ0n) is 13.9. The fourth-order valence-corrected chi connectivity index (χ4v) is 3.43. The van der Waals surface area contributed by atoms with Crippen LogP contribution >= 0.6 is 11.3 Å². The number of carbonyl (C=O) groups excluding carboxylic acids is 1. The fourth-order valence-electron chi connectivity index (χ4n) is 2.72. The molecule has 0 atom stereocenters. The molecule has 0 spiro atoms. The molecule has 26 heavy (non-hydrogen) atoms. The molecule has 0 radical (unpaired) electrons. The average Bonchev–Trinajstić information content (AvgIpc) is 3.35. The van der Waals surface area contributed by atoms with Crippen LogP contribution in [0.2, 0.25) is 0 Å². The Bertz CT molecular complexity index is 876. The van der Waals surface area contributed by atoms with Crippen molar-refractivity contribution >= 4 is 34.0 Å². The van der Waals surface area contributed by atoms with Crippen LogP contribution in [0.25, 0.3) is 10.7 Å². The SMILES string of the molecule is O=C(Nc1ccc(N2CCCC2)nc1)Nc1nnc(-c2ccccn2)s1. The quantitative estimate of drug-likeness (QED) is 0.735. The highest BCUT2D eigenvalue weighted by molar-refractivity contribution is 7.18. The first-order valence-corrected chi connectivity index (χ1v) is 9.13. The molecular weight excluding hydrogens is 350 g/mol. The molecule has 132 valence electrons. The number of pyridine rings is 2. The molecule has 0 aliphatic carbocycles. The van der Waals surface area contributed by atoms with Gasteiger partial charge in [0.1, 0.15) is 11.5 Å². The summed E-state index contributed by atoms with van der Waals surface area (Å²) >= 11 is 1.27. The van der Waals surface area contributed by atoms with E-state index in [1.807, 2.05) is 30.3 Å². The lowest BCUT2D eigenvalue weighted by Gasteiger charge is -2.16. The normalized spacial score (nSPS) is 13.6. The summed E-state index contributed by atoms with van der Waals surface area (Å²) < 4.78 is 0. The van der Waals surface area contributed by atoms with Gasteiger partial charge in [-0.25, -0.2) is 9.78 Å². The molecule has 9 heteroatoms. The van der Waals surface area contributed by atoms with E-state index in [2.05, 4.69) is 35.7 Å². The third-order valence-corrected chi connectivity index (χ3v) is 4.83. The van der Waals surface area contributed by atoms with E-state index in [9.17, 15) is 4.79 Å². The minimum Gasteiger partial charge on any atom is -0.357 e. The van der Waals surface area contributed by atoms with Crippen LogP contribution in [0, 0.1) is 0 Å². The maximum Gasteiger partial charge on any atom is 0.325 e. The topological polar surface area (TPSA) is 95.9 Å². The van der Waals surface area contributed by atoms with Crippen molar-refractivity contribution in [3.8, 4) is 10.7 Å². The molecule has 8 nitrogen and oxygen atoms in total. The Labute approximate surface area is 154 Å². The van der Waals surface area contributed by atoms with Crippen molar-refractivity contribution in [1.29, 1.82) is 0 Å². The Kier molecular flexibility index (Phi) is 4.69. The van der Waals surface area contributed by atoms with Gasteiger partial charge < -0.3 is 10.2 Å². The lowest BCUT2D eigenvalue weighted by Crippen LogP contribution is -2.21. The van der Waals surface area contributed by atoms with Crippen molar-refractivity contribution in [2.24, 2.45) is 0 Å². The first-order chi connectivity index (χ1) is 12.8. The van der Waals surface area contributed by atoms with E-state index in [0.29, 0.717) is 15.8 Å². The van der Waals surface area contributed by atoms with E-state index in [-0.39, 0.29) is 6.03 Å². The predicted octanol–water partition coefficient (Wildman–Crippen LogP) is 3.24. The molecular formula is C17H17N7OS. The van der Waals surface area contributed by atoms with Crippen LogP contribution in [0.1, 0.15) is 12.8 Å². The molecule has 2 amide bonds. The summed E-state index contributed by atoms with van der Waals surface area (Å²) in [6, 6.07) is 8.94. The van der Waals surface area contributed by atoms with E-state index in [1.165, 1.54) is 24.2 Å². The highest BCUT2D eigenvalue weighted by Gasteiger charge is 2.14. The maximum absolute atomic E-state index is 12.1. The van der Waals surface area contributed by atoms with Crippen LogP contribution in [-0.4, -0.2) is 39.3 Å². The molecule has 3 aromatic rings. The summed E-state index contributed by atoms with van der Waals surface area (Å²) in [6.07, 6.45) is 5.75. The molecule has 1 saturated heterocycles. The minimum atomic E-state index is -0.385. The number of amides is 2. The van der Waals surface area contributed by atoms with Gasteiger partial charge >= 0.3 is 6.03 Å². The molecule has 4 heterocycles. The van der Waals surface area contributed by atoms with E-state index >= 15 is 0 Å². The summed E-state index contributed by atoms with van der Waals surface area (Å²) in [5, 5.41) is 14.5. The number of carbonyl (C=O) groups is 1. The Morgan fingerprint density at radius 3 is 2.65 bits per heavy atom. The van der Waals surface area contributed by atoms with Crippen LogP contribution in [-0.2, 0) is 0 Å². The van der Waals surface area contributed by atoms with Crippen molar-refractivity contribution in [2.45, 2.75) is 12.8 Å². The van der Waals surface area contributed by atoms with Crippen molar-refractivity contribution in [3.63, 3.8) is 0 Å². The summed E-state index contributed by atoms with van der Waals surface area (Å²) in [7, 11) is 0. The fraction of sp³-hybridized carbons (Fsp3) is 0.235. The zero-order chi connectivity index (χ0) is 17.8. The lowest BCUT2D eigenvalue weighted by molar-refractivity contribution is 0.262. The second-order valence-electron chi connectivity index (χ2n) is 5.81. The smallest absolute Gasteiger partial charge is 0.325 e. The Balaban J connectivity index is 1.36. The molecule has 0 bridgehead atoms. The van der Waals surface area contributed by atoms with E-state index < -0.39 is 0 Å². The number of rotatable bonds is 4. The highest BCUT2D eigenvalue weighted by atomic mass is 32.1. The molecule has 0 saturated carbocycles. The van der Waals surface area contributed by atoms with Crippen molar-refractivity contribution in [1.82, 2.24) is 20.2 Å². The van der Waals surface area contributed by atoms with Crippen molar-refractivity contribution < 1.29 is 4.79 Å². The van der Waals surface area contributed by atoms with Gasteiger partial charge in [0.25, 0.3) is 0 Å². The van der Waals surface area contributed by atoms with Crippen LogP contribution < -0.4 is 15.5 Å². The first kappa shape index (κ1) is 16.4. The van der Waals surface area contributed by atoms with Gasteiger partial charge in [-0.05, 0) is 37.1 Å². The monoisotopic (exact) mass is 367 g/mol. The number of anilines is 3. The van der Waals surface area contributed by atoms with Crippen molar-refractivity contribution in [3.05, 3.63) is 42.7 Å². The van der Waals surface area contributed by atoms with Gasteiger partial charge in [-0.2, -0.15) is 0 Å². The third-order valence-electron chi connectivity index (χ3n) is 3.97. The molecule has 2 N–H and O–H groups in total. The van der Waals surface area contributed by atoms with Crippen molar-refractivity contribution in [2.75, 3.05) is 28.6 Å². The van der Waals surface area contributed by atoms with Crippen LogP contribution in [0.3, 0.4) is 0 Å².